The number of likely N-dealkylation sites (N-methyl/N-ethyl adjacent to an activating group) is 1. The zero-order valence-electron chi connectivity index (χ0n) is 10.8. The average Bonchev–Trinajstić information content (AvgIpc) is 2.46. The Bertz CT molecular complexity index is 316. The lowest BCUT2D eigenvalue weighted by molar-refractivity contribution is -0.146. The third-order valence-corrected chi connectivity index (χ3v) is 3.65. The lowest BCUT2D eigenvalue weighted by Gasteiger charge is -2.37. The molecule has 2 amide bonds. The van der Waals surface area contributed by atoms with Gasteiger partial charge in [-0.05, 0) is 12.8 Å². The standard InChI is InChI=1S/C12H21N3O3/c1-13-11(16)10-8-14-4-5-15(10)12(17)9-2-6-18-7-3-9/h9-10,14H,2-8H2,1H3,(H,13,16). The minimum atomic E-state index is -0.376. The van der Waals surface area contributed by atoms with Gasteiger partial charge in [-0.25, -0.2) is 0 Å². The van der Waals surface area contributed by atoms with Crippen molar-refractivity contribution in [2.75, 3.05) is 39.9 Å². The van der Waals surface area contributed by atoms with Gasteiger partial charge in [0, 0.05) is 45.8 Å². The van der Waals surface area contributed by atoms with Crippen molar-refractivity contribution < 1.29 is 14.3 Å². The Morgan fingerprint density at radius 1 is 1.33 bits per heavy atom. The fourth-order valence-corrected chi connectivity index (χ4v) is 2.55. The number of amides is 2. The van der Waals surface area contributed by atoms with Crippen LogP contribution >= 0.6 is 0 Å². The number of hydrogen-bond acceptors (Lipinski definition) is 4. The number of hydrogen-bond donors (Lipinski definition) is 2. The van der Waals surface area contributed by atoms with Gasteiger partial charge in [-0.2, -0.15) is 0 Å². The molecule has 2 aliphatic heterocycles. The number of carbonyl (C=O) groups is 2. The molecule has 6 heteroatoms. The molecule has 2 aliphatic rings. The highest BCUT2D eigenvalue weighted by atomic mass is 16.5. The average molecular weight is 255 g/mol. The van der Waals surface area contributed by atoms with Gasteiger partial charge in [-0.15, -0.1) is 0 Å². The smallest absolute Gasteiger partial charge is 0.243 e. The summed E-state index contributed by atoms with van der Waals surface area (Å²) in [5, 5.41) is 5.78. The van der Waals surface area contributed by atoms with Crippen molar-refractivity contribution in [3.63, 3.8) is 0 Å². The quantitative estimate of drug-likeness (QED) is 0.661. The summed E-state index contributed by atoms with van der Waals surface area (Å²) in [6.45, 7) is 3.19. The van der Waals surface area contributed by atoms with Crippen molar-refractivity contribution in [3.05, 3.63) is 0 Å². The molecule has 2 saturated heterocycles. The number of ether oxygens (including phenoxy) is 1. The van der Waals surface area contributed by atoms with E-state index >= 15 is 0 Å². The summed E-state index contributed by atoms with van der Waals surface area (Å²) in [6.07, 6.45) is 1.53. The monoisotopic (exact) mass is 255 g/mol. The lowest BCUT2D eigenvalue weighted by Crippen LogP contribution is -2.60. The van der Waals surface area contributed by atoms with Gasteiger partial charge in [0.05, 0.1) is 0 Å². The minimum Gasteiger partial charge on any atom is -0.381 e. The normalized spacial score (nSPS) is 25.8. The van der Waals surface area contributed by atoms with Crippen LogP contribution in [0.1, 0.15) is 12.8 Å². The molecule has 0 saturated carbocycles. The van der Waals surface area contributed by atoms with Gasteiger partial charge < -0.3 is 20.3 Å². The number of piperazine rings is 1. The van der Waals surface area contributed by atoms with Crippen LogP contribution in [0, 0.1) is 5.92 Å². The SMILES string of the molecule is CNC(=O)C1CNCCN1C(=O)C1CCOCC1. The van der Waals surface area contributed by atoms with Crippen LogP contribution in [-0.2, 0) is 14.3 Å². The molecule has 102 valence electrons. The summed E-state index contributed by atoms with van der Waals surface area (Å²) in [5.41, 5.74) is 0. The summed E-state index contributed by atoms with van der Waals surface area (Å²) in [7, 11) is 1.61. The summed E-state index contributed by atoms with van der Waals surface area (Å²) in [6, 6.07) is -0.376. The highest BCUT2D eigenvalue weighted by molar-refractivity contribution is 5.88. The predicted octanol–water partition coefficient (Wildman–Crippen LogP) is -1.04. The Morgan fingerprint density at radius 3 is 2.72 bits per heavy atom. The molecule has 2 N–H and O–H groups in total. The lowest BCUT2D eigenvalue weighted by atomic mass is 9.97. The van der Waals surface area contributed by atoms with E-state index in [0.29, 0.717) is 26.3 Å². The second-order valence-corrected chi connectivity index (χ2v) is 4.75. The van der Waals surface area contributed by atoms with E-state index in [4.69, 9.17) is 4.74 Å². The van der Waals surface area contributed by atoms with Gasteiger partial charge in [0.25, 0.3) is 0 Å². The summed E-state index contributed by atoms with van der Waals surface area (Å²) < 4.78 is 5.27. The first-order valence-corrected chi connectivity index (χ1v) is 6.54. The molecule has 1 atom stereocenters. The zero-order chi connectivity index (χ0) is 13.0. The van der Waals surface area contributed by atoms with Crippen molar-refractivity contribution in [1.82, 2.24) is 15.5 Å². The first-order chi connectivity index (χ1) is 8.74. The minimum absolute atomic E-state index is 0.0176. The molecule has 2 rings (SSSR count). The molecule has 0 aromatic heterocycles. The van der Waals surface area contributed by atoms with E-state index in [0.717, 1.165) is 19.4 Å². The molecule has 0 spiro atoms. The van der Waals surface area contributed by atoms with E-state index < -0.39 is 0 Å². The van der Waals surface area contributed by atoms with Crippen LogP contribution < -0.4 is 10.6 Å². The first-order valence-electron chi connectivity index (χ1n) is 6.54. The van der Waals surface area contributed by atoms with Gasteiger partial charge in [-0.3, -0.25) is 9.59 Å². The van der Waals surface area contributed by atoms with Gasteiger partial charge in [0.15, 0.2) is 0 Å². The third-order valence-electron chi connectivity index (χ3n) is 3.65. The molecule has 0 aliphatic carbocycles. The third kappa shape index (κ3) is 2.81. The van der Waals surface area contributed by atoms with Crippen molar-refractivity contribution in [1.29, 1.82) is 0 Å². The van der Waals surface area contributed by atoms with Crippen LogP contribution in [0.25, 0.3) is 0 Å². The second-order valence-electron chi connectivity index (χ2n) is 4.75. The maximum Gasteiger partial charge on any atom is 0.243 e. The first kappa shape index (κ1) is 13.3. The van der Waals surface area contributed by atoms with E-state index in [1.165, 1.54) is 0 Å². The van der Waals surface area contributed by atoms with Crippen LogP contribution in [0.2, 0.25) is 0 Å². The van der Waals surface area contributed by atoms with E-state index in [1.54, 1.807) is 11.9 Å². The van der Waals surface area contributed by atoms with Gasteiger partial charge in [-0.1, -0.05) is 0 Å². The molecule has 0 radical (unpaired) electrons. The molecule has 0 aromatic rings. The Kier molecular flexibility index (Phi) is 4.54. The van der Waals surface area contributed by atoms with Crippen LogP contribution in [-0.4, -0.2) is 62.7 Å². The number of rotatable bonds is 2. The van der Waals surface area contributed by atoms with Crippen molar-refractivity contribution >= 4 is 11.8 Å². The molecule has 2 heterocycles. The van der Waals surface area contributed by atoms with Crippen molar-refractivity contribution in [2.24, 2.45) is 5.92 Å². The summed E-state index contributed by atoms with van der Waals surface area (Å²) in [5.74, 6) is 0.0278. The molecule has 1 unspecified atom stereocenters. The predicted molar refractivity (Wildman–Crippen MR) is 66.0 cm³/mol. The van der Waals surface area contributed by atoms with Crippen LogP contribution in [0.15, 0.2) is 0 Å². The summed E-state index contributed by atoms with van der Waals surface area (Å²) >= 11 is 0. The Morgan fingerprint density at radius 2 is 2.06 bits per heavy atom. The van der Waals surface area contributed by atoms with E-state index in [-0.39, 0.29) is 23.8 Å². The molecule has 0 bridgehead atoms. The topological polar surface area (TPSA) is 70.7 Å². The fourth-order valence-electron chi connectivity index (χ4n) is 2.55. The molecular formula is C12H21N3O3. The number of nitrogens with one attached hydrogen (secondary N) is 2. The Hall–Kier alpha value is -1.14. The molecular weight excluding hydrogens is 234 g/mol. The maximum absolute atomic E-state index is 12.4. The van der Waals surface area contributed by atoms with Crippen molar-refractivity contribution in [3.8, 4) is 0 Å². The van der Waals surface area contributed by atoms with Gasteiger partial charge >= 0.3 is 0 Å². The summed E-state index contributed by atoms with van der Waals surface area (Å²) in [4.78, 5) is 26.0. The second kappa shape index (κ2) is 6.15. The van der Waals surface area contributed by atoms with Gasteiger partial charge in [0.1, 0.15) is 6.04 Å². The molecule has 6 nitrogen and oxygen atoms in total. The largest absolute Gasteiger partial charge is 0.381 e. The zero-order valence-corrected chi connectivity index (χ0v) is 10.8. The van der Waals surface area contributed by atoms with E-state index in [2.05, 4.69) is 10.6 Å². The van der Waals surface area contributed by atoms with E-state index in [1.807, 2.05) is 0 Å². The number of nitrogens with zero attached hydrogens (tertiary/aromatic N) is 1. The highest BCUT2D eigenvalue weighted by Crippen LogP contribution is 2.19. The van der Waals surface area contributed by atoms with E-state index in [9.17, 15) is 9.59 Å². The number of carbonyl (C=O) groups excluding carboxylic acids is 2. The fraction of sp³-hybridized carbons (Fsp3) is 0.833. The molecule has 2 fully saturated rings. The van der Waals surface area contributed by atoms with Gasteiger partial charge in [0.2, 0.25) is 11.8 Å². The molecule has 0 aromatic carbocycles. The highest BCUT2D eigenvalue weighted by Gasteiger charge is 2.35. The molecule has 18 heavy (non-hydrogen) atoms. The Balaban J connectivity index is 2.03. The Labute approximate surface area is 107 Å². The van der Waals surface area contributed by atoms with Crippen LogP contribution in [0.4, 0.5) is 0 Å². The van der Waals surface area contributed by atoms with Crippen LogP contribution in [0.3, 0.4) is 0 Å². The van der Waals surface area contributed by atoms with Crippen molar-refractivity contribution in [2.45, 2.75) is 18.9 Å². The van der Waals surface area contributed by atoms with Crippen LogP contribution in [0.5, 0.6) is 0 Å². The maximum atomic E-state index is 12.4.